The summed E-state index contributed by atoms with van der Waals surface area (Å²) >= 11 is 0. The Morgan fingerprint density at radius 1 is 1.27 bits per heavy atom. The molecule has 5 nitrogen and oxygen atoms in total. The number of halogens is 1. The van der Waals surface area contributed by atoms with Crippen LogP contribution in [-0.2, 0) is 4.74 Å². The third kappa shape index (κ3) is 4.96. The van der Waals surface area contributed by atoms with Crippen LogP contribution in [0.4, 0.5) is 0 Å². The summed E-state index contributed by atoms with van der Waals surface area (Å²) in [6, 6.07) is 0. The van der Waals surface area contributed by atoms with Crippen molar-refractivity contribution < 1.29 is 4.74 Å². The highest BCUT2D eigenvalue weighted by atomic mass is 127. The van der Waals surface area contributed by atoms with Gasteiger partial charge in [0.05, 0.1) is 0 Å². The summed E-state index contributed by atoms with van der Waals surface area (Å²) in [7, 11) is 6.25. The molecule has 0 amide bonds. The van der Waals surface area contributed by atoms with Crippen molar-refractivity contribution in [1.82, 2.24) is 15.1 Å². The SMILES string of the molecule is CN=C(NCC1(N(C)C)CCOCC1)N1CCC(C)CC1.I. The van der Waals surface area contributed by atoms with E-state index in [0.717, 1.165) is 57.6 Å². The lowest BCUT2D eigenvalue weighted by Gasteiger charge is -2.44. The lowest BCUT2D eigenvalue weighted by molar-refractivity contribution is -0.00531. The molecule has 0 radical (unpaired) electrons. The molecule has 0 saturated carbocycles. The van der Waals surface area contributed by atoms with E-state index in [0.29, 0.717) is 0 Å². The van der Waals surface area contributed by atoms with E-state index in [9.17, 15) is 0 Å². The maximum absolute atomic E-state index is 5.54. The van der Waals surface area contributed by atoms with Crippen LogP contribution >= 0.6 is 24.0 Å². The zero-order chi connectivity index (χ0) is 15.3. The molecule has 2 rings (SSSR count). The molecule has 0 aromatic carbocycles. The van der Waals surface area contributed by atoms with E-state index in [1.54, 1.807) is 0 Å². The van der Waals surface area contributed by atoms with Crippen molar-refractivity contribution in [3.63, 3.8) is 0 Å². The highest BCUT2D eigenvalue weighted by molar-refractivity contribution is 14.0. The zero-order valence-corrected chi connectivity index (χ0v) is 16.9. The fourth-order valence-electron chi connectivity index (χ4n) is 3.33. The lowest BCUT2D eigenvalue weighted by Crippen LogP contribution is -2.57. The Kier molecular flexibility index (Phi) is 8.42. The third-order valence-electron chi connectivity index (χ3n) is 5.24. The molecule has 0 aromatic rings. The number of ether oxygens (including phenoxy) is 1. The van der Waals surface area contributed by atoms with E-state index < -0.39 is 0 Å². The number of likely N-dealkylation sites (N-methyl/N-ethyl adjacent to an activating group) is 1. The fraction of sp³-hybridized carbons (Fsp3) is 0.938. The van der Waals surface area contributed by atoms with E-state index >= 15 is 0 Å². The minimum absolute atomic E-state index is 0. The number of likely N-dealkylation sites (tertiary alicyclic amines) is 1. The molecule has 0 aliphatic carbocycles. The molecular weight excluding hydrogens is 391 g/mol. The first-order valence-electron chi connectivity index (χ1n) is 8.28. The predicted octanol–water partition coefficient (Wildman–Crippen LogP) is 2.02. The van der Waals surface area contributed by atoms with Gasteiger partial charge in [-0.15, -0.1) is 24.0 Å². The van der Waals surface area contributed by atoms with Crippen molar-refractivity contribution in [2.45, 2.75) is 38.1 Å². The van der Waals surface area contributed by atoms with Crippen LogP contribution < -0.4 is 5.32 Å². The topological polar surface area (TPSA) is 40.1 Å². The molecule has 6 heteroatoms. The zero-order valence-electron chi connectivity index (χ0n) is 14.6. The summed E-state index contributed by atoms with van der Waals surface area (Å²) in [5.74, 6) is 1.91. The maximum Gasteiger partial charge on any atom is 0.193 e. The molecular formula is C16H33IN4O. The van der Waals surface area contributed by atoms with Crippen molar-refractivity contribution in [3.05, 3.63) is 0 Å². The van der Waals surface area contributed by atoms with Gasteiger partial charge in [-0.2, -0.15) is 0 Å². The van der Waals surface area contributed by atoms with Gasteiger partial charge in [0.2, 0.25) is 0 Å². The molecule has 130 valence electrons. The standard InChI is InChI=1S/C16H32N4O.HI/c1-14-5-9-20(10-6-14)15(17-2)18-13-16(19(3)4)7-11-21-12-8-16;/h14H,5-13H2,1-4H3,(H,17,18);1H. The Hall–Kier alpha value is -0.0800. The second-order valence-electron chi connectivity index (χ2n) is 6.80. The third-order valence-corrected chi connectivity index (χ3v) is 5.24. The quantitative estimate of drug-likeness (QED) is 0.428. The Bertz CT molecular complexity index is 348. The van der Waals surface area contributed by atoms with Gasteiger partial charge >= 0.3 is 0 Å². The predicted molar refractivity (Wildman–Crippen MR) is 103 cm³/mol. The number of piperidine rings is 1. The Labute approximate surface area is 152 Å². The number of hydrogen-bond donors (Lipinski definition) is 1. The molecule has 0 atom stereocenters. The maximum atomic E-state index is 5.54. The second-order valence-corrected chi connectivity index (χ2v) is 6.80. The van der Waals surface area contributed by atoms with Crippen LogP contribution in [0.1, 0.15) is 32.6 Å². The summed E-state index contributed by atoms with van der Waals surface area (Å²) < 4.78 is 5.54. The molecule has 2 saturated heterocycles. The summed E-state index contributed by atoms with van der Waals surface area (Å²) in [5, 5.41) is 3.62. The van der Waals surface area contributed by atoms with Crippen molar-refractivity contribution in [3.8, 4) is 0 Å². The van der Waals surface area contributed by atoms with Crippen LogP contribution in [0.15, 0.2) is 4.99 Å². The minimum atomic E-state index is 0. The van der Waals surface area contributed by atoms with Gasteiger partial charge in [-0.1, -0.05) is 6.92 Å². The molecule has 0 spiro atoms. The monoisotopic (exact) mass is 424 g/mol. The molecule has 0 bridgehead atoms. The molecule has 22 heavy (non-hydrogen) atoms. The average Bonchev–Trinajstić information content (AvgIpc) is 2.50. The number of nitrogens with one attached hydrogen (secondary N) is 1. The molecule has 1 N–H and O–H groups in total. The highest BCUT2D eigenvalue weighted by Crippen LogP contribution is 2.25. The van der Waals surface area contributed by atoms with Crippen LogP contribution in [0, 0.1) is 5.92 Å². The van der Waals surface area contributed by atoms with Crippen molar-refractivity contribution in [1.29, 1.82) is 0 Å². The first kappa shape index (κ1) is 20.0. The molecule has 0 unspecified atom stereocenters. The average molecular weight is 424 g/mol. The van der Waals surface area contributed by atoms with E-state index in [1.165, 1.54) is 12.8 Å². The molecule has 0 aromatic heterocycles. The van der Waals surface area contributed by atoms with Gasteiger partial charge in [0, 0.05) is 45.4 Å². The molecule has 2 aliphatic rings. The highest BCUT2D eigenvalue weighted by Gasteiger charge is 2.35. The summed E-state index contributed by atoms with van der Waals surface area (Å²) in [6.45, 7) is 7.26. The van der Waals surface area contributed by atoms with Crippen LogP contribution in [0.3, 0.4) is 0 Å². The first-order chi connectivity index (χ1) is 10.1. The van der Waals surface area contributed by atoms with E-state index in [1.807, 2.05) is 7.05 Å². The van der Waals surface area contributed by atoms with Gasteiger partial charge in [0.25, 0.3) is 0 Å². The summed E-state index contributed by atoms with van der Waals surface area (Å²) in [6.07, 6.45) is 4.71. The van der Waals surface area contributed by atoms with Crippen molar-refractivity contribution in [2.24, 2.45) is 10.9 Å². The van der Waals surface area contributed by atoms with Crippen LogP contribution in [0.5, 0.6) is 0 Å². The van der Waals surface area contributed by atoms with Gasteiger partial charge in [-0.05, 0) is 45.7 Å². The molecule has 2 aliphatic heterocycles. The Balaban J connectivity index is 0.00000242. The largest absolute Gasteiger partial charge is 0.381 e. The summed E-state index contributed by atoms with van der Waals surface area (Å²) in [5.41, 5.74) is 0.192. The normalized spacial score (nSPS) is 23.3. The van der Waals surface area contributed by atoms with Gasteiger partial charge in [-0.25, -0.2) is 0 Å². The molecule has 2 fully saturated rings. The lowest BCUT2D eigenvalue weighted by atomic mass is 9.88. The van der Waals surface area contributed by atoms with Gasteiger partial charge in [0.15, 0.2) is 5.96 Å². The number of hydrogen-bond acceptors (Lipinski definition) is 3. The minimum Gasteiger partial charge on any atom is -0.381 e. The first-order valence-corrected chi connectivity index (χ1v) is 8.28. The van der Waals surface area contributed by atoms with Crippen LogP contribution in [0.25, 0.3) is 0 Å². The number of aliphatic imine (C=N–C) groups is 1. The van der Waals surface area contributed by atoms with E-state index in [-0.39, 0.29) is 29.5 Å². The smallest absolute Gasteiger partial charge is 0.193 e. The van der Waals surface area contributed by atoms with Crippen molar-refractivity contribution in [2.75, 3.05) is 54.0 Å². The van der Waals surface area contributed by atoms with Crippen LogP contribution in [0.2, 0.25) is 0 Å². The number of guanidine groups is 1. The number of nitrogens with zero attached hydrogens (tertiary/aromatic N) is 3. The van der Waals surface area contributed by atoms with E-state index in [2.05, 4.69) is 41.1 Å². The Morgan fingerprint density at radius 3 is 2.36 bits per heavy atom. The van der Waals surface area contributed by atoms with E-state index in [4.69, 9.17) is 4.74 Å². The van der Waals surface area contributed by atoms with Gasteiger partial charge in [-0.3, -0.25) is 4.99 Å². The van der Waals surface area contributed by atoms with Crippen LogP contribution in [-0.4, -0.2) is 75.3 Å². The molecule has 2 heterocycles. The fourth-order valence-corrected chi connectivity index (χ4v) is 3.33. The Morgan fingerprint density at radius 2 is 1.86 bits per heavy atom. The number of rotatable bonds is 3. The summed E-state index contributed by atoms with van der Waals surface area (Å²) in [4.78, 5) is 9.25. The second kappa shape index (κ2) is 9.27. The van der Waals surface area contributed by atoms with Crippen molar-refractivity contribution >= 4 is 29.9 Å². The van der Waals surface area contributed by atoms with Gasteiger partial charge < -0.3 is 19.9 Å². The van der Waals surface area contributed by atoms with Gasteiger partial charge in [0.1, 0.15) is 0 Å².